The van der Waals surface area contributed by atoms with Gasteiger partial charge in [-0.15, -0.1) is 10.2 Å². The Kier molecular flexibility index (Phi) is 3.39. The molecule has 1 aromatic carbocycles. The summed E-state index contributed by atoms with van der Waals surface area (Å²) in [5.74, 6) is 1.26. The lowest BCUT2D eigenvalue weighted by atomic mass is 10.1. The van der Waals surface area contributed by atoms with E-state index in [1.54, 1.807) is 11.3 Å². The van der Waals surface area contributed by atoms with Crippen LogP contribution < -0.4 is 5.32 Å². The quantitative estimate of drug-likeness (QED) is 0.897. The number of hydrogen-bond donors (Lipinski definition) is 1. The molecule has 2 unspecified atom stereocenters. The Morgan fingerprint density at radius 1 is 1.22 bits per heavy atom. The van der Waals surface area contributed by atoms with Crippen molar-refractivity contribution in [3.63, 3.8) is 0 Å². The minimum atomic E-state index is 0.597. The first-order valence-corrected chi connectivity index (χ1v) is 7.28. The van der Waals surface area contributed by atoms with Crippen LogP contribution in [0.4, 0.5) is 0 Å². The van der Waals surface area contributed by atoms with E-state index in [1.165, 1.54) is 17.0 Å². The van der Waals surface area contributed by atoms with E-state index in [1.807, 2.05) is 0 Å². The second-order valence-electron chi connectivity index (χ2n) is 4.67. The van der Waals surface area contributed by atoms with Crippen molar-refractivity contribution < 1.29 is 0 Å². The zero-order valence-electron chi connectivity index (χ0n) is 10.5. The summed E-state index contributed by atoms with van der Waals surface area (Å²) in [5, 5.41) is 14.2. The van der Waals surface area contributed by atoms with Crippen LogP contribution in [0.1, 0.15) is 40.8 Å². The van der Waals surface area contributed by atoms with E-state index < -0.39 is 0 Å². The molecule has 18 heavy (non-hydrogen) atoms. The molecule has 4 heteroatoms. The molecule has 1 heterocycles. The van der Waals surface area contributed by atoms with Crippen LogP contribution in [0.15, 0.2) is 30.3 Å². The number of rotatable bonds is 5. The van der Waals surface area contributed by atoms with E-state index in [9.17, 15) is 0 Å². The minimum Gasteiger partial charge on any atom is -0.311 e. The predicted molar refractivity (Wildman–Crippen MR) is 73.8 cm³/mol. The van der Waals surface area contributed by atoms with Gasteiger partial charge in [0, 0.05) is 12.5 Å². The van der Waals surface area contributed by atoms with Crippen molar-refractivity contribution in [2.24, 2.45) is 0 Å². The van der Waals surface area contributed by atoms with Crippen LogP contribution in [0.3, 0.4) is 0 Å². The standard InChI is InChI=1S/C14H17N3S/c1-2-15-9-13-16-17-14(18-13)12-8-11(12)10-6-4-3-5-7-10/h3-7,11-12,15H,2,8-9H2,1H3. The molecule has 0 radical (unpaired) electrons. The number of nitrogens with one attached hydrogen (secondary N) is 1. The van der Waals surface area contributed by atoms with Crippen LogP contribution in [-0.2, 0) is 6.54 Å². The van der Waals surface area contributed by atoms with Gasteiger partial charge >= 0.3 is 0 Å². The molecule has 2 atom stereocenters. The highest BCUT2D eigenvalue weighted by Gasteiger charge is 2.41. The summed E-state index contributed by atoms with van der Waals surface area (Å²) in [6.07, 6.45) is 1.22. The summed E-state index contributed by atoms with van der Waals surface area (Å²) < 4.78 is 0. The van der Waals surface area contributed by atoms with E-state index in [0.29, 0.717) is 11.8 Å². The van der Waals surface area contributed by atoms with Crippen LogP contribution in [0.2, 0.25) is 0 Å². The van der Waals surface area contributed by atoms with Gasteiger partial charge in [-0.1, -0.05) is 48.6 Å². The average Bonchev–Trinajstić information content (AvgIpc) is 3.09. The van der Waals surface area contributed by atoms with Crippen LogP contribution in [0, 0.1) is 0 Å². The Bertz CT molecular complexity index is 509. The summed E-state index contributed by atoms with van der Waals surface area (Å²) in [6.45, 7) is 3.93. The summed E-state index contributed by atoms with van der Waals surface area (Å²) in [4.78, 5) is 0. The van der Waals surface area contributed by atoms with Crippen molar-refractivity contribution in [2.75, 3.05) is 6.54 Å². The van der Waals surface area contributed by atoms with Crippen molar-refractivity contribution in [3.05, 3.63) is 45.9 Å². The Balaban J connectivity index is 1.65. The maximum absolute atomic E-state index is 4.34. The van der Waals surface area contributed by atoms with Gasteiger partial charge in [0.25, 0.3) is 0 Å². The SMILES string of the molecule is CCNCc1nnc(C2CC2c2ccccc2)s1. The highest BCUT2D eigenvalue weighted by atomic mass is 32.1. The molecule has 3 rings (SSSR count). The van der Waals surface area contributed by atoms with Crippen LogP contribution in [0.5, 0.6) is 0 Å². The lowest BCUT2D eigenvalue weighted by Crippen LogP contribution is -2.11. The second kappa shape index (κ2) is 5.16. The highest BCUT2D eigenvalue weighted by molar-refractivity contribution is 7.11. The van der Waals surface area contributed by atoms with Gasteiger partial charge in [-0.3, -0.25) is 0 Å². The van der Waals surface area contributed by atoms with E-state index in [2.05, 4.69) is 52.8 Å². The van der Waals surface area contributed by atoms with Crippen LogP contribution in [-0.4, -0.2) is 16.7 Å². The normalized spacial score (nSPS) is 22.1. The fraction of sp³-hybridized carbons (Fsp3) is 0.429. The van der Waals surface area contributed by atoms with Crippen molar-refractivity contribution in [2.45, 2.75) is 31.7 Å². The van der Waals surface area contributed by atoms with Crippen LogP contribution >= 0.6 is 11.3 Å². The zero-order chi connectivity index (χ0) is 12.4. The number of benzene rings is 1. The van der Waals surface area contributed by atoms with Gasteiger partial charge in [0.2, 0.25) is 0 Å². The molecule has 1 aliphatic carbocycles. The summed E-state index contributed by atoms with van der Waals surface area (Å²) in [6, 6.07) is 10.7. The lowest BCUT2D eigenvalue weighted by molar-refractivity contribution is 0.714. The first-order valence-electron chi connectivity index (χ1n) is 6.46. The largest absolute Gasteiger partial charge is 0.311 e. The molecule has 1 N–H and O–H groups in total. The van der Waals surface area contributed by atoms with Gasteiger partial charge < -0.3 is 5.32 Å². The Labute approximate surface area is 111 Å². The number of nitrogens with zero attached hydrogens (tertiary/aromatic N) is 2. The molecule has 0 bridgehead atoms. The van der Waals surface area contributed by atoms with E-state index in [4.69, 9.17) is 0 Å². The Hall–Kier alpha value is -1.26. The van der Waals surface area contributed by atoms with Crippen molar-refractivity contribution in [1.29, 1.82) is 0 Å². The maximum atomic E-state index is 4.34. The second-order valence-corrected chi connectivity index (χ2v) is 5.77. The molecule has 0 saturated heterocycles. The first kappa shape index (κ1) is 11.8. The molecule has 94 valence electrons. The molecule has 1 saturated carbocycles. The molecule has 3 nitrogen and oxygen atoms in total. The lowest BCUT2D eigenvalue weighted by Gasteiger charge is -1.96. The molecular formula is C14H17N3S. The first-order chi connectivity index (χ1) is 8.88. The highest BCUT2D eigenvalue weighted by Crippen LogP contribution is 2.55. The Morgan fingerprint density at radius 3 is 2.83 bits per heavy atom. The molecule has 1 aliphatic rings. The third-order valence-electron chi connectivity index (χ3n) is 3.34. The molecule has 1 aromatic heterocycles. The van der Waals surface area contributed by atoms with Gasteiger partial charge in [0.15, 0.2) is 0 Å². The predicted octanol–water partition coefficient (Wildman–Crippen LogP) is 2.92. The molecule has 0 spiro atoms. The van der Waals surface area contributed by atoms with E-state index in [0.717, 1.165) is 18.1 Å². The smallest absolute Gasteiger partial charge is 0.131 e. The Morgan fingerprint density at radius 2 is 2.06 bits per heavy atom. The van der Waals surface area contributed by atoms with Gasteiger partial charge in [-0.25, -0.2) is 0 Å². The minimum absolute atomic E-state index is 0.597. The monoisotopic (exact) mass is 259 g/mol. The summed E-state index contributed by atoms with van der Waals surface area (Å²) in [7, 11) is 0. The maximum Gasteiger partial charge on any atom is 0.131 e. The molecule has 0 amide bonds. The third-order valence-corrected chi connectivity index (χ3v) is 4.40. The van der Waals surface area contributed by atoms with E-state index in [-0.39, 0.29) is 0 Å². The zero-order valence-corrected chi connectivity index (χ0v) is 11.3. The number of aromatic nitrogens is 2. The van der Waals surface area contributed by atoms with Crippen molar-refractivity contribution >= 4 is 11.3 Å². The molecular weight excluding hydrogens is 242 g/mol. The van der Waals surface area contributed by atoms with Crippen LogP contribution in [0.25, 0.3) is 0 Å². The summed E-state index contributed by atoms with van der Waals surface area (Å²) >= 11 is 1.76. The van der Waals surface area contributed by atoms with Gasteiger partial charge in [-0.05, 0) is 24.4 Å². The van der Waals surface area contributed by atoms with Gasteiger partial charge in [-0.2, -0.15) is 0 Å². The van der Waals surface area contributed by atoms with Crippen molar-refractivity contribution in [3.8, 4) is 0 Å². The average molecular weight is 259 g/mol. The third kappa shape index (κ3) is 2.44. The molecule has 1 fully saturated rings. The van der Waals surface area contributed by atoms with E-state index >= 15 is 0 Å². The van der Waals surface area contributed by atoms with Gasteiger partial charge in [0.1, 0.15) is 10.0 Å². The molecule has 2 aromatic rings. The summed E-state index contributed by atoms with van der Waals surface area (Å²) in [5.41, 5.74) is 1.44. The fourth-order valence-corrected chi connectivity index (χ4v) is 3.25. The fourth-order valence-electron chi connectivity index (χ4n) is 2.26. The topological polar surface area (TPSA) is 37.8 Å². The molecule has 0 aliphatic heterocycles. The number of hydrogen-bond acceptors (Lipinski definition) is 4. The van der Waals surface area contributed by atoms with Gasteiger partial charge in [0.05, 0.1) is 0 Å². The van der Waals surface area contributed by atoms with Crippen molar-refractivity contribution in [1.82, 2.24) is 15.5 Å².